The first-order valence-electron chi connectivity index (χ1n) is 6.03. The standard InChI is InChI=1S/C14H21NO3/c1-10-5-4-6-11(7-8-15)12(10)18-9-14(2,3)13(16)17/h4-6H,7-9,15H2,1-3H3,(H,16,17). The van der Waals surface area contributed by atoms with Crippen LogP contribution in [0.4, 0.5) is 0 Å². The number of rotatable bonds is 6. The number of carboxylic acids is 1. The Morgan fingerprint density at radius 2 is 2.11 bits per heavy atom. The van der Waals surface area contributed by atoms with E-state index >= 15 is 0 Å². The molecule has 18 heavy (non-hydrogen) atoms. The highest BCUT2D eigenvalue weighted by molar-refractivity contribution is 5.73. The molecule has 0 radical (unpaired) electrons. The summed E-state index contributed by atoms with van der Waals surface area (Å²) in [6.07, 6.45) is 0.727. The van der Waals surface area contributed by atoms with Crippen LogP contribution in [0.5, 0.6) is 5.75 Å². The number of nitrogens with two attached hydrogens (primary N) is 1. The Bertz CT molecular complexity index is 427. The number of benzene rings is 1. The maximum atomic E-state index is 11.0. The largest absolute Gasteiger partial charge is 0.492 e. The molecule has 0 unspecified atom stereocenters. The number of hydrogen-bond donors (Lipinski definition) is 2. The molecule has 0 fully saturated rings. The summed E-state index contributed by atoms with van der Waals surface area (Å²) in [4.78, 5) is 11.0. The monoisotopic (exact) mass is 251 g/mol. The lowest BCUT2D eigenvalue weighted by Crippen LogP contribution is -2.31. The van der Waals surface area contributed by atoms with Crippen molar-refractivity contribution in [2.24, 2.45) is 11.1 Å². The molecular weight excluding hydrogens is 230 g/mol. The van der Waals surface area contributed by atoms with Crippen molar-refractivity contribution in [1.29, 1.82) is 0 Å². The number of ether oxygens (including phenoxy) is 1. The number of carbonyl (C=O) groups is 1. The first-order chi connectivity index (χ1) is 8.38. The zero-order chi connectivity index (χ0) is 13.8. The highest BCUT2D eigenvalue weighted by atomic mass is 16.5. The Balaban J connectivity index is 2.87. The summed E-state index contributed by atoms with van der Waals surface area (Å²) in [5.41, 5.74) is 6.69. The molecule has 1 aromatic rings. The minimum atomic E-state index is -0.901. The van der Waals surface area contributed by atoms with E-state index in [9.17, 15) is 4.79 Å². The lowest BCUT2D eigenvalue weighted by Gasteiger charge is -2.22. The van der Waals surface area contributed by atoms with Crippen LogP contribution in [-0.2, 0) is 11.2 Å². The van der Waals surface area contributed by atoms with Crippen LogP contribution in [0.25, 0.3) is 0 Å². The number of aliphatic carboxylic acids is 1. The fourth-order valence-corrected chi connectivity index (χ4v) is 1.59. The Labute approximate surface area is 108 Å². The number of aryl methyl sites for hydroxylation is 1. The molecule has 0 atom stereocenters. The van der Waals surface area contributed by atoms with Crippen molar-refractivity contribution in [2.75, 3.05) is 13.2 Å². The van der Waals surface area contributed by atoms with Crippen LogP contribution in [0.2, 0.25) is 0 Å². The minimum Gasteiger partial charge on any atom is -0.492 e. The van der Waals surface area contributed by atoms with Crippen LogP contribution in [0.1, 0.15) is 25.0 Å². The van der Waals surface area contributed by atoms with Crippen LogP contribution in [0, 0.1) is 12.3 Å². The van der Waals surface area contributed by atoms with E-state index in [0.29, 0.717) is 6.54 Å². The van der Waals surface area contributed by atoms with Gasteiger partial charge < -0.3 is 15.6 Å². The fraction of sp³-hybridized carbons (Fsp3) is 0.500. The molecule has 0 aliphatic heterocycles. The number of para-hydroxylation sites is 1. The maximum absolute atomic E-state index is 11.0. The van der Waals surface area contributed by atoms with Crippen LogP contribution in [-0.4, -0.2) is 24.2 Å². The van der Waals surface area contributed by atoms with E-state index in [1.807, 2.05) is 25.1 Å². The van der Waals surface area contributed by atoms with Gasteiger partial charge in [-0.1, -0.05) is 18.2 Å². The third kappa shape index (κ3) is 3.47. The highest BCUT2D eigenvalue weighted by Crippen LogP contribution is 2.26. The van der Waals surface area contributed by atoms with Gasteiger partial charge in [0.25, 0.3) is 0 Å². The van der Waals surface area contributed by atoms with Crippen LogP contribution >= 0.6 is 0 Å². The lowest BCUT2D eigenvalue weighted by atomic mass is 9.95. The van der Waals surface area contributed by atoms with Gasteiger partial charge >= 0.3 is 5.97 Å². The van der Waals surface area contributed by atoms with Gasteiger partial charge in [0.05, 0.1) is 5.41 Å². The van der Waals surface area contributed by atoms with Gasteiger partial charge in [-0.2, -0.15) is 0 Å². The van der Waals surface area contributed by atoms with E-state index < -0.39 is 11.4 Å². The quantitative estimate of drug-likeness (QED) is 0.811. The molecular formula is C14H21NO3. The summed E-state index contributed by atoms with van der Waals surface area (Å²) >= 11 is 0. The van der Waals surface area contributed by atoms with E-state index in [1.165, 1.54) is 0 Å². The molecule has 100 valence electrons. The van der Waals surface area contributed by atoms with Crippen molar-refractivity contribution in [3.05, 3.63) is 29.3 Å². The smallest absolute Gasteiger partial charge is 0.312 e. The van der Waals surface area contributed by atoms with Crippen molar-refractivity contribution < 1.29 is 14.6 Å². The van der Waals surface area contributed by atoms with Gasteiger partial charge in [-0.25, -0.2) is 0 Å². The summed E-state index contributed by atoms with van der Waals surface area (Å²) in [7, 11) is 0. The predicted molar refractivity (Wildman–Crippen MR) is 70.8 cm³/mol. The van der Waals surface area contributed by atoms with Crippen LogP contribution in [0.3, 0.4) is 0 Å². The van der Waals surface area contributed by atoms with Crippen molar-refractivity contribution in [3.8, 4) is 5.75 Å². The Morgan fingerprint density at radius 3 is 2.67 bits per heavy atom. The zero-order valence-corrected chi connectivity index (χ0v) is 11.2. The average Bonchev–Trinajstić information content (AvgIpc) is 2.28. The summed E-state index contributed by atoms with van der Waals surface area (Å²) < 4.78 is 5.71. The normalized spacial score (nSPS) is 11.3. The second-order valence-corrected chi connectivity index (χ2v) is 5.08. The minimum absolute atomic E-state index is 0.144. The van der Waals surface area contributed by atoms with Gasteiger partial charge in [0.15, 0.2) is 0 Å². The molecule has 0 amide bonds. The Kier molecular flexibility index (Phi) is 4.73. The molecule has 0 bridgehead atoms. The van der Waals surface area contributed by atoms with E-state index in [1.54, 1.807) is 13.8 Å². The predicted octanol–water partition coefficient (Wildman–Crippen LogP) is 1.99. The van der Waals surface area contributed by atoms with Gasteiger partial charge in [-0.15, -0.1) is 0 Å². The fourth-order valence-electron chi connectivity index (χ4n) is 1.59. The molecule has 1 rings (SSSR count). The molecule has 0 heterocycles. The van der Waals surface area contributed by atoms with E-state index in [2.05, 4.69) is 0 Å². The van der Waals surface area contributed by atoms with Crippen LogP contribution < -0.4 is 10.5 Å². The molecule has 0 saturated carbocycles. The molecule has 0 aliphatic carbocycles. The Morgan fingerprint density at radius 1 is 1.44 bits per heavy atom. The number of hydrogen-bond acceptors (Lipinski definition) is 3. The molecule has 4 nitrogen and oxygen atoms in total. The van der Waals surface area contributed by atoms with Gasteiger partial charge in [0, 0.05) is 0 Å². The Hall–Kier alpha value is -1.55. The molecule has 0 spiro atoms. The molecule has 0 saturated heterocycles. The van der Waals surface area contributed by atoms with Crippen molar-refractivity contribution in [2.45, 2.75) is 27.2 Å². The SMILES string of the molecule is Cc1cccc(CCN)c1OCC(C)(C)C(=O)O. The maximum Gasteiger partial charge on any atom is 0.312 e. The first kappa shape index (κ1) is 14.5. The first-order valence-corrected chi connectivity index (χ1v) is 6.03. The summed E-state index contributed by atoms with van der Waals surface area (Å²) in [6, 6.07) is 5.86. The van der Waals surface area contributed by atoms with Crippen LogP contribution in [0.15, 0.2) is 18.2 Å². The molecule has 0 aromatic heterocycles. The number of carboxylic acid groups (broad SMARTS) is 1. The molecule has 3 N–H and O–H groups in total. The summed E-state index contributed by atoms with van der Waals surface area (Å²) in [6.45, 7) is 5.93. The van der Waals surface area contributed by atoms with Gasteiger partial charge in [-0.05, 0) is 44.9 Å². The van der Waals surface area contributed by atoms with Crippen molar-refractivity contribution in [3.63, 3.8) is 0 Å². The van der Waals surface area contributed by atoms with E-state index in [0.717, 1.165) is 23.3 Å². The summed E-state index contributed by atoms with van der Waals surface area (Å²) in [5, 5.41) is 9.06. The lowest BCUT2D eigenvalue weighted by molar-refractivity contribution is -0.148. The van der Waals surface area contributed by atoms with Crippen molar-refractivity contribution >= 4 is 5.97 Å². The second-order valence-electron chi connectivity index (χ2n) is 5.08. The zero-order valence-electron chi connectivity index (χ0n) is 11.2. The third-order valence-electron chi connectivity index (χ3n) is 2.86. The average molecular weight is 251 g/mol. The topological polar surface area (TPSA) is 72.5 Å². The summed E-state index contributed by atoms with van der Waals surface area (Å²) in [5.74, 6) is -0.103. The molecule has 0 aliphatic rings. The van der Waals surface area contributed by atoms with Crippen molar-refractivity contribution in [1.82, 2.24) is 0 Å². The second kappa shape index (κ2) is 5.87. The third-order valence-corrected chi connectivity index (χ3v) is 2.86. The van der Waals surface area contributed by atoms with E-state index in [4.69, 9.17) is 15.6 Å². The van der Waals surface area contributed by atoms with Gasteiger partial charge in [0.2, 0.25) is 0 Å². The highest BCUT2D eigenvalue weighted by Gasteiger charge is 2.28. The van der Waals surface area contributed by atoms with Gasteiger partial charge in [-0.3, -0.25) is 4.79 Å². The molecule has 4 heteroatoms. The van der Waals surface area contributed by atoms with Gasteiger partial charge in [0.1, 0.15) is 12.4 Å². The molecule has 1 aromatic carbocycles. The van der Waals surface area contributed by atoms with E-state index in [-0.39, 0.29) is 6.61 Å².